The molecule has 0 unspecified atom stereocenters. The van der Waals surface area contributed by atoms with Gasteiger partial charge in [0.2, 0.25) is 5.88 Å². The molecule has 186 valence electrons. The first kappa shape index (κ1) is 24.5. The molecule has 0 radical (unpaired) electrons. The van der Waals surface area contributed by atoms with Crippen LogP contribution in [0.25, 0.3) is 5.69 Å². The summed E-state index contributed by atoms with van der Waals surface area (Å²) in [7, 11) is 0. The van der Waals surface area contributed by atoms with Gasteiger partial charge in [-0.15, -0.1) is 13.2 Å². The van der Waals surface area contributed by atoms with Gasteiger partial charge in [-0.1, -0.05) is 0 Å². The highest BCUT2D eigenvalue weighted by atomic mass is 19.4. The predicted octanol–water partition coefficient (Wildman–Crippen LogP) is 4.39. The summed E-state index contributed by atoms with van der Waals surface area (Å²) in [5.41, 5.74) is 0.621. The highest BCUT2D eigenvalue weighted by Crippen LogP contribution is 2.26. The molecule has 0 aliphatic carbocycles. The number of halogens is 4. The number of rotatable bonds is 6. The molecule has 0 bridgehead atoms. The summed E-state index contributed by atoms with van der Waals surface area (Å²) in [6, 6.07) is 10.9. The van der Waals surface area contributed by atoms with Gasteiger partial charge in [-0.2, -0.15) is 0 Å². The van der Waals surface area contributed by atoms with E-state index in [4.69, 9.17) is 0 Å². The van der Waals surface area contributed by atoms with Gasteiger partial charge in [0.25, 0.3) is 5.91 Å². The van der Waals surface area contributed by atoms with E-state index in [-0.39, 0.29) is 23.5 Å². The third-order valence-corrected chi connectivity index (χ3v) is 5.29. The second-order valence-electron chi connectivity index (χ2n) is 7.65. The van der Waals surface area contributed by atoms with Crippen molar-refractivity contribution in [3.8, 4) is 17.3 Å². The van der Waals surface area contributed by atoms with Crippen molar-refractivity contribution in [2.45, 2.75) is 19.8 Å². The zero-order chi connectivity index (χ0) is 26.0. The highest BCUT2D eigenvalue weighted by molar-refractivity contribution is 6.04. The molecule has 4 rings (SSSR count). The summed E-state index contributed by atoms with van der Waals surface area (Å²) in [6.07, 6.45) is -2.03. The van der Waals surface area contributed by atoms with Gasteiger partial charge >= 0.3 is 12.1 Å². The minimum Gasteiger partial charge on any atom is -0.493 e. The van der Waals surface area contributed by atoms with Gasteiger partial charge in [0.05, 0.1) is 29.8 Å². The van der Waals surface area contributed by atoms with Crippen LogP contribution in [0.15, 0.2) is 71.8 Å². The van der Waals surface area contributed by atoms with Gasteiger partial charge in [0, 0.05) is 11.8 Å². The van der Waals surface area contributed by atoms with E-state index in [2.05, 4.69) is 15.0 Å². The van der Waals surface area contributed by atoms with Crippen LogP contribution in [-0.2, 0) is 6.54 Å². The second-order valence-corrected chi connectivity index (χ2v) is 7.65. The smallest absolute Gasteiger partial charge is 0.493 e. The van der Waals surface area contributed by atoms with Gasteiger partial charge in [-0.25, -0.2) is 13.8 Å². The number of amides is 1. The summed E-state index contributed by atoms with van der Waals surface area (Å²) < 4.78 is 56.4. The van der Waals surface area contributed by atoms with Crippen molar-refractivity contribution in [1.29, 1.82) is 0 Å². The molecule has 4 aromatic rings. The Balaban J connectivity index is 1.62. The number of benzene rings is 2. The number of hydrogen-bond acceptors (Lipinski definition) is 5. The standard InChI is InChI=1S/C24H18F4N4O4/c1-14-22(34)32(18-6-8-19(9-7-18)36-24(26,27)28)23(35)31(14)13-16-10-11-29-12-20(16)30-21(33)15-2-4-17(25)5-3-15/h2-12,34H,13H2,1H3,(H,30,33). The molecule has 0 aliphatic rings. The van der Waals surface area contributed by atoms with Crippen LogP contribution in [0.5, 0.6) is 11.6 Å². The molecule has 12 heteroatoms. The van der Waals surface area contributed by atoms with Crippen LogP contribution in [0.2, 0.25) is 0 Å². The Morgan fingerprint density at radius 2 is 1.75 bits per heavy atom. The number of hydrogen-bond donors (Lipinski definition) is 2. The van der Waals surface area contributed by atoms with Gasteiger partial charge in [-0.05, 0) is 67.1 Å². The van der Waals surface area contributed by atoms with E-state index in [9.17, 15) is 32.3 Å². The molecule has 0 saturated carbocycles. The van der Waals surface area contributed by atoms with Crippen LogP contribution in [-0.4, -0.2) is 31.5 Å². The number of alkyl halides is 3. The van der Waals surface area contributed by atoms with Crippen molar-refractivity contribution in [2.75, 3.05) is 5.32 Å². The highest BCUT2D eigenvalue weighted by Gasteiger charge is 2.31. The number of carbonyl (C=O) groups excluding carboxylic acids is 1. The SMILES string of the molecule is Cc1c(O)n(-c2ccc(OC(F)(F)F)cc2)c(=O)n1Cc1ccncc1NC(=O)c1ccc(F)cc1. The van der Waals surface area contributed by atoms with E-state index >= 15 is 0 Å². The summed E-state index contributed by atoms with van der Waals surface area (Å²) in [5.74, 6) is -1.89. The number of aromatic nitrogens is 3. The molecular weight excluding hydrogens is 484 g/mol. The summed E-state index contributed by atoms with van der Waals surface area (Å²) >= 11 is 0. The molecule has 8 nitrogen and oxygen atoms in total. The zero-order valence-corrected chi connectivity index (χ0v) is 18.6. The molecule has 2 heterocycles. The predicted molar refractivity (Wildman–Crippen MR) is 121 cm³/mol. The zero-order valence-electron chi connectivity index (χ0n) is 18.6. The Kier molecular flexibility index (Phi) is 6.51. The van der Waals surface area contributed by atoms with Crippen LogP contribution >= 0.6 is 0 Å². The summed E-state index contributed by atoms with van der Waals surface area (Å²) in [6.45, 7) is 1.42. The Bertz CT molecular complexity index is 1460. The molecule has 0 atom stereocenters. The number of carbonyl (C=O) groups is 1. The number of imidazole rings is 1. The number of aromatic hydroxyl groups is 1. The number of nitrogens with one attached hydrogen (secondary N) is 1. The first-order chi connectivity index (χ1) is 17.0. The maximum absolute atomic E-state index is 13.2. The van der Waals surface area contributed by atoms with Crippen LogP contribution in [0.4, 0.5) is 23.2 Å². The molecule has 36 heavy (non-hydrogen) atoms. The molecule has 0 aliphatic heterocycles. The Labute approximate surface area is 201 Å². The van der Waals surface area contributed by atoms with Crippen molar-refractivity contribution in [3.63, 3.8) is 0 Å². The van der Waals surface area contributed by atoms with Crippen LogP contribution in [0, 0.1) is 12.7 Å². The van der Waals surface area contributed by atoms with E-state index in [1.54, 1.807) is 6.07 Å². The lowest BCUT2D eigenvalue weighted by molar-refractivity contribution is -0.274. The summed E-state index contributed by atoms with van der Waals surface area (Å²) in [5, 5.41) is 13.3. The monoisotopic (exact) mass is 502 g/mol. The molecule has 0 fully saturated rings. The van der Waals surface area contributed by atoms with Gasteiger partial charge in [0.15, 0.2) is 0 Å². The Morgan fingerprint density at radius 3 is 2.39 bits per heavy atom. The molecule has 0 saturated heterocycles. The third kappa shape index (κ3) is 5.22. The van der Waals surface area contributed by atoms with Crippen molar-refractivity contribution >= 4 is 11.6 Å². The van der Waals surface area contributed by atoms with Crippen LogP contribution in [0.1, 0.15) is 21.6 Å². The van der Waals surface area contributed by atoms with Crippen LogP contribution < -0.4 is 15.7 Å². The normalized spacial score (nSPS) is 11.4. The first-order valence-electron chi connectivity index (χ1n) is 10.4. The van der Waals surface area contributed by atoms with Gasteiger partial charge < -0.3 is 15.2 Å². The third-order valence-electron chi connectivity index (χ3n) is 5.29. The van der Waals surface area contributed by atoms with Gasteiger partial charge in [-0.3, -0.25) is 14.3 Å². The Morgan fingerprint density at radius 1 is 1.08 bits per heavy atom. The fraction of sp³-hybridized carbons (Fsp3) is 0.125. The number of pyridine rings is 1. The fourth-order valence-corrected chi connectivity index (χ4v) is 3.49. The topological polar surface area (TPSA) is 98.4 Å². The quantitative estimate of drug-likeness (QED) is 0.381. The molecule has 2 N–H and O–H groups in total. The van der Waals surface area contributed by atoms with E-state index in [0.717, 1.165) is 28.8 Å². The van der Waals surface area contributed by atoms with E-state index in [1.807, 2.05) is 0 Å². The van der Waals surface area contributed by atoms with Gasteiger partial charge in [0.1, 0.15) is 11.6 Å². The van der Waals surface area contributed by atoms with E-state index in [0.29, 0.717) is 11.3 Å². The molecule has 2 aromatic carbocycles. The average molecular weight is 502 g/mol. The maximum atomic E-state index is 13.2. The largest absolute Gasteiger partial charge is 0.573 e. The minimum absolute atomic E-state index is 0.0674. The van der Waals surface area contributed by atoms with Crippen molar-refractivity contribution in [3.05, 3.63) is 100 Å². The van der Waals surface area contributed by atoms with E-state index in [1.165, 1.54) is 48.1 Å². The van der Waals surface area contributed by atoms with Crippen molar-refractivity contribution in [1.82, 2.24) is 14.1 Å². The maximum Gasteiger partial charge on any atom is 0.573 e. The number of nitrogens with zero attached hydrogens (tertiary/aromatic N) is 3. The second kappa shape index (κ2) is 9.56. The number of ether oxygens (including phenoxy) is 1. The lowest BCUT2D eigenvalue weighted by Gasteiger charge is -2.12. The Hall–Kier alpha value is -4.61. The summed E-state index contributed by atoms with van der Waals surface area (Å²) in [4.78, 5) is 29.7. The molecule has 0 spiro atoms. The van der Waals surface area contributed by atoms with Crippen molar-refractivity contribution in [2.24, 2.45) is 0 Å². The van der Waals surface area contributed by atoms with E-state index < -0.39 is 35.4 Å². The number of anilines is 1. The lowest BCUT2D eigenvalue weighted by Crippen LogP contribution is -2.25. The van der Waals surface area contributed by atoms with Crippen LogP contribution in [0.3, 0.4) is 0 Å². The first-order valence-corrected chi connectivity index (χ1v) is 10.4. The van der Waals surface area contributed by atoms with Crippen molar-refractivity contribution < 1.29 is 32.2 Å². The lowest BCUT2D eigenvalue weighted by atomic mass is 10.2. The minimum atomic E-state index is -4.87. The fourth-order valence-electron chi connectivity index (χ4n) is 3.49. The molecule has 1 amide bonds. The average Bonchev–Trinajstić information content (AvgIpc) is 3.03. The molecule has 2 aromatic heterocycles. The molecular formula is C24H18F4N4O4.